The number of hydrogen-bond acceptors (Lipinski definition) is 4. The maximum atomic E-state index is 12.5. The molecule has 0 amide bonds. The lowest BCUT2D eigenvalue weighted by molar-refractivity contribution is 0.348. The molecule has 2 aliphatic heterocycles. The van der Waals surface area contributed by atoms with E-state index in [2.05, 4.69) is 26.0 Å². The van der Waals surface area contributed by atoms with Crippen LogP contribution in [0.4, 0.5) is 0 Å². The van der Waals surface area contributed by atoms with E-state index < -0.39 is 10.0 Å². The minimum absolute atomic E-state index is 0.228. The van der Waals surface area contributed by atoms with Gasteiger partial charge in [0, 0.05) is 29.0 Å². The zero-order valence-corrected chi connectivity index (χ0v) is 13.4. The summed E-state index contributed by atoms with van der Waals surface area (Å²) < 4.78 is 33.9. The lowest BCUT2D eigenvalue weighted by atomic mass is 10.2. The van der Waals surface area contributed by atoms with Crippen molar-refractivity contribution in [2.45, 2.75) is 30.2 Å². The first-order valence-corrected chi connectivity index (χ1v) is 9.02. The molecule has 0 spiro atoms. The van der Waals surface area contributed by atoms with Crippen molar-refractivity contribution in [3.8, 4) is 5.75 Å². The van der Waals surface area contributed by atoms with Crippen LogP contribution in [0.3, 0.4) is 0 Å². The van der Waals surface area contributed by atoms with E-state index in [0.717, 1.165) is 35.8 Å². The molecule has 0 aromatic heterocycles. The zero-order valence-electron chi connectivity index (χ0n) is 11.0. The third kappa shape index (κ3) is 2.86. The first-order chi connectivity index (χ1) is 9.56. The molecule has 0 bridgehead atoms. The Morgan fingerprint density at radius 3 is 3.05 bits per heavy atom. The van der Waals surface area contributed by atoms with Gasteiger partial charge in [0.15, 0.2) is 0 Å². The molecule has 2 heterocycles. The van der Waals surface area contributed by atoms with Crippen molar-refractivity contribution in [2.24, 2.45) is 0 Å². The summed E-state index contributed by atoms with van der Waals surface area (Å²) in [5.41, 5.74) is 0.943. The van der Waals surface area contributed by atoms with E-state index in [0.29, 0.717) is 18.9 Å². The van der Waals surface area contributed by atoms with Gasteiger partial charge in [-0.3, -0.25) is 0 Å². The normalized spacial score (nSPS) is 21.8. The van der Waals surface area contributed by atoms with Crippen LogP contribution in [0.1, 0.15) is 18.4 Å². The Kier molecular flexibility index (Phi) is 4.03. The lowest BCUT2D eigenvalue weighted by Crippen LogP contribution is -2.37. The maximum Gasteiger partial charge on any atom is 0.244 e. The molecular formula is C13H17BrN2O3S. The number of fused-ring (bicyclic) bond motifs is 1. The van der Waals surface area contributed by atoms with Crippen LogP contribution in [0.5, 0.6) is 5.75 Å². The molecule has 1 unspecified atom stereocenters. The molecule has 20 heavy (non-hydrogen) atoms. The van der Waals surface area contributed by atoms with E-state index in [-0.39, 0.29) is 10.9 Å². The van der Waals surface area contributed by atoms with Gasteiger partial charge in [0.1, 0.15) is 10.6 Å². The SMILES string of the molecule is O=S(=O)(NCC1CCCN1)c1cc(Br)cc2c1OCC2. The Balaban J connectivity index is 1.83. The van der Waals surface area contributed by atoms with Crippen LogP contribution < -0.4 is 14.8 Å². The average molecular weight is 361 g/mol. The van der Waals surface area contributed by atoms with Crippen LogP contribution in [0.15, 0.2) is 21.5 Å². The Morgan fingerprint density at radius 1 is 1.45 bits per heavy atom. The molecular weight excluding hydrogens is 344 g/mol. The van der Waals surface area contributed by atoms with Crippen LogP contribution in [-0.2, 0) is 16.4 Å². The Morgan fingerprint density at radius 2 is 2.30 bits per heavy atom. The third-order valence-corrected chi connectivity index (χ3v) is 5.57. The van der Waals surface area contributed by atoms with Gasteiger partial charge in [0.05, 0.1) is 6.61 Å². The van der Waals surface area contributed by atoms with Crippen LogP contribution in [-0.4, -0.2) is 34.2 Å². The highest BCUT2D eigenvalue weighted by Gasteiger charge is 2.27. The van der Waals surface area contributed by atoms with Gasteiger partial charge in [0.25, 0.3) is 0 Å². The lowest BCUT2D eigenvalue weighted by Gasteiger charge is -2.14. The predicted octanol–water partition coefficient (Wildman–Crippen LogP) is 1.41. The highest BCUT2D eigenvalue weighted by molar-refractivity contribution is 9.10. The number of halogens is 1. The number of ether oxygens (including phenoxy) is 1. The molecule has 0 aliphatic carbocycles. The number of rotatable bonds is 4. The predicted molar refractivity (Wildman–Crippen MR) is 79.6 cm³/mol. The van der Waals surface area contributed by atoms with Gasteiger partial charge in [0.2, 0.25) is 10.0 Å². The van der Waals surface area contributed by atoms with E-state index >= 15 is 0 Å². The molecule has 110 valence electrons. The van der Waals surface area contributed by atoms with Gasteiger partial charge in [-0.15, -0.1) is 0 Å². The fourth-order valence-electron chi connectivity index (χ4n) is 2.65. The van der Waals surface area contributed by atoms with Crippen molar-refractivity contribution in [1.82, 2.24) is 10.0 Å². The molecule has 5 nitrogen and oxygen atoms in total. The molecule has 7 heteroatoms. The summed E-state index contributed by atoms with van der Waals surface area (Å²) in [6, 6.07) is 3.75. The largest absolute Gasteiger partial charge is 0.492 e. The molecule has 1 atom stereocenters. The standard InChI is InChI=1S/C13H17BrN2O3S/c14-10-6-9-3-5-19-13(9)12(7-10)20(17,18)16-8-11-2-1-4-15-11/h6-7,11,15-16H,1-5,8H2. The molecule has 3 rings (SSSR count). The summed E-state index contributed by atoms with van der Waals surface area (Å²) in [5.74, 6) is 0.500. The first kappa shape index (κ1) is 14.3. The summed E-state index contributed by atoms with van der Waals surface area (Å²) in [6.45, 7) is 1.92. The fourth-order valence-corrected chi connectivity index (χ4v) is 4.60. The maximum absolute atomic E-state index is 12.5. The van der Waals surface area contributed by atoms with Crippen LogP contribution in [0, 0.1) is 0 Å². The molecule has 1 aromatic carbocycles. The van der Waals surface area contributed by atoms with Gasteiger partial charge >= 0.3 is 0 Å². The number of sulfonamides is 1. The second-order valence-electron chi connectivity index (χ2n) is 5.14. The Hall–Kier alpha value is -0.630. The van der Waals surface area contributed by atoms with Gasteiger partial charge in [-0.2, -0.15) is 0 Å². The summed E-state index contributed by atoms with van der Waals surface area (Å²) in [5, 5.41) is 3.28. The zero-order chi connectivity index (χ0) is 14.2. The van der Waals surface area contributed by atoms with Gasteiger partial charge < -0.3 is 10.1 Å². The second-order valence-corrected chi connectivity index (χ2v) is 7.79. The average Bonchev–Trinajstić information content (AvgIpc) is 3.06. The summed E-state index contributed by atoms with van der Waals surface area (Å²) in [6.07, 6.45) is 2.86. The van der Waals surface area contributed by atoms with Gasteiger partial charge in [-0.1, -0.05) is 15.9 Å². The first-order valence-electron chi connectivity index (χ1n) is 6.74. The van der Waals surface area contributed by atoms with Gasteiger partial charge in [-0.05, 0) is 31.5 Å². The third-order valence-electron chi connectivity index (χ3n) is 3.69. The van der Waals surface area contributed by atoms with E-state index in [4.69, 9.17) is 4.74 Å². The topological polar surface area (TPSA) is 67.4 Å². The van der Waals surface area contributed by atoms with E-state index in [1.165, 1.54) is 0 Å². The molecule has 1 fully saturated rings. The minimum atomic E-state index is -3.54. The van der Waals surface area contributed by atoms with Crippen LogP contribution >= 0.6 is 15.9 Å². The molecule has 1 saturated heterocycles. The molecule has 2 N–H and O–H groups in total. The van der Waals surface area contributed by atoms with E-state index in [1.807, 2.05) is 6.07 Å². The molecule has 2 aliphatic rings. The second kappa shape index (κ2) is 5.63. The molecule has 1 aromatic rings. The summed E-state index contributed by atoms with van der Waals surface area (Å²) in [7, 11) is -3.54. The van der Waals surface area contributed by atoms with Crippen LogP contribution in [0.25, 0.3) is 0 Å². The van der Waals surface area contributed by atoms with E-state index in [9.17, 15) is 8.42 Å². The highest BCUT2D eigenvalue weighted by Crippen LogP contribution is 2.35. The number of benzene rings is 1. The Labute approximate surface area is 127 Å². The van der Waals surface area contributed by atoms with Gasteiger partial charge in [-0.25, -0.2) is 13.1 Å². The van der Waals surface area contributed by atoms with Crippen LogP contribution in [0.2, 0.25) is 0 Å². The Bertz CT molecular complexity index is 612. The number of nitrogens with one attached hydrogen (secondary N) is 2. The van der Waals surface area contributed by atoms with Crippen molar-refractivity contribution in [3.63, 3.8) is 0 Å². The highest BCUT2D eigenvalue weighted by atomic mass is 79.9. The molecule has 0 saturated carbocycles. The van der Waals surface area contributed by atoms with Crippen molar-refractivity contribution in [1.29, 1.82) is 0 Å². The quantitative estimate of drug-likeness (QED) is 0.851. The summed E-state index contributed by atoms with van der Waals surface area (Å²) in [4.78, 5) is 0.234. The minimum Gasteiger partial charge on any atom is -0.492 e. The van der Waals surface area contributed by atoms with Crippen molar-refractivity contribution in [3.05, 3.63) is 22.2 Å². The van der Waals surface area contributed by atoms with Crippen molar-refractivity contribution >= 4 is 26.0 Å². The van der Waals surface area contributed by atoms with E-state index in [1.54, 1.807) is 6.07 Å². The monoisotopic (exact) mass is 360 g/mol. The molecule has 0 radical (unpaired) electrons. The van der Waals surface area contributed by atoms with Crippen molar-refractivity contribution < 1.29 is 13.2 Å². The number of hydrogen-bond donors (Lipinski definition) is 2. The van der Waals surface area contributed by atoms with Crippen molar-refractivity contribution in [2.75, 3.05) is 19.7 Å². The summed E-state index contributed by atoms with van der Waals surface area (Å²) >= 11 is 3.37. The smallest absolute Gasteiger partial charge is 0.244 e. The fraction of sp³-hybridized carbons (Fsp3) is 0.538.